The molecule has 1 fully saturated rings. The molecule has 8 nitrogen and oxygen atoms in total. The number of carbonyl (C=O) groups excluding carboxylic acids is 2. The predicted octanol–water partition coefficient (Wildman–Crippen LogP) is 2.34. The lowest BCUT2D eigenvalue weighted by molar-refractivity contribution is -0.119. The number of aromatic nitrogens is 1. The second-order valence-electron chi connectivity index (χ2n) is 6.50. The zero-order valence-corrected chi connectivity index (χ0v) is 17.4. The number of methoxy groups -OCH3 is 1. The third-order valence-corrected chi connectivity index (χ3v) is 7.51. The molecule has 2 heterocycles. The van der Waals surface area contributed by atoms with E-state index in [1.807, 2.05) is 6.92 Å². The molecule has 0 radical (unpaired) electrons. The summed E-state index contributed by atoms with van der Waals surface area (Å²) in [5.41, 5.74) is 1.40. The van der Waals surface area contributed by atoms with Crippen molar-refractivity contribution in [3.05, 3.63) is 40.4 Å². The topological polar surface area (TPSA) is 106 Å². The molecule has 1 saturated heterocycles. The van der Waals surface area contributed by atoms with Crippen LogP contribution in [-0.4, -0.2) is 49.3 Å². The van der Waals surface area contributed by atoms with Crippen LogP contribution in [0.25, 0.3) is 0 Å². The van der Waals surface area contributed by atoms with E-state index in [-0.39, 0.29) is 16.6 Å². The lowest BCUT2D eigenvalue weighted by atomic mass is 10.2. The summed E-state index contributed by atoms with van der Waals surface area (Å²) < 4.78 is 31.9. The van der Waals surface area contributed by atoms with E-state index in [4.69, 9.17) is 0 Å². The Balaban J connectivity index is 1.80. The summed E-state index contributed by atoms with van der Waals surface area (Å²) in [6.45, 7) is 3.79. The van der Waals surface area contributed by atoms with Crippen molar-refractivity contribution in [1.82, 2.24) is 9.29 Å². The number of sulfonamides is 1. The number of ether oxygens (including phenoxy) is 1. The highest BCUT2D eigenvalue weighted by Crippen LogP contribution is 2.29. The summed E-state index contributed by atoms with van der Waals surface area (Å²) in [7, 11) is -2.51. The number of hydrogen-bond acceptors (Lipinski definition) is 7. The summed E-state index contributed by atoms with van der Waals surface area (Å²) >= 11 is 1.00. The number of aryl methyl sites for hydroxylation is 2. The van der Waals surface area contributed by atoms with Crippen molar-refractivity contribution in [2.24, 2.45) is 0 Å². The fourth-order valence-corrected chi connectivity index (χ4v) is 5.60. The number of nitrogens with zero attached hydrogens (tertiary/aromatic N) is 2. The smallest absolute Gasteiger partial charge is 0.350 e. The van der Waals surface area contributed by atoms with E-state index in [2.05, 4.69) is 15.0 Å². The first-order valence-electron chi connectivity index (χ1n) is 8.69. The average Bonchev–Trinajstić information content (AvgIpc) is 3.28. The lowest BCUT2D eigenvalue weighted by Crippen LogP contribution is -2.43. The molecule has 2 aromatic rings. The maximum Gasteiger partial charge on any atom is 0.350 e. The quantitative estimate of drug-likeness (QED) is 0.740. The van der Waals surface area contributed by atoms with E-state index < -0.39 is 27.9 Å². The normalized spacial score (nSPS) is 17.5. The second kappa shape index (κ2) is 7.98. The van der Waals surface area contributed by atoms with E-state index in [0.29, 0.717) is 23.4 Å². The van der Waals surface area contributed by atoms with Crippen molar-refractivity contribution in [3.8, 4) is 0 Å². The van der Waals surface area contributed by atoms with Gasteiger partial charge in [-0.25, -0.2) is 18.2 Å². The van der Waals surface area contributed by atoms with Crippen LogP contribution in [-0.2, 0) is 19.6 Å². The molecule has 150 valence electrons. The molecule has 1 aromatic carbocycles. The van der Waals surface area contributed by atoms with Gasteiger partial charge in [0.25, 0.3) is 0 Å². The van der Waals surface area contributed by atoms with Gasteiger partial charge in [0.05, 0.1) is 17.7 Å². The van der Waals surface area contributed by atoms with Gasteiger partial charge in [-0.05, 0) is 38.8 Å². The van der Waals surface area contributed by atoms with Crippen LogP contribution in [0.3, 0.4) is 0 Å². The Morgan fingerprint density at radius 2 is 1.93 bits per heavy atom. The Morgan fingerprint density at radius 3 is 2.57 bits per heavy atom. The largest absolute Gasteiger partial charge is 0.465 e. The molecular weight excluding hydrogens is 402 g/mol. The zero-order chi connectivity index (χ0) is 20.5. The fraction of sp³-hybridized carbons (Fsp3) is 0.389. The Hall–Kier alpha value is -2.30. The van der Waals surface area contributed by atoms with Crippen molar-refractivity contribution in [3.63, 3.8) is 0 Å². The van der Waals surface area contributed by atoms with Crippen LogP contribution in [0.15, 0.2) is 29.2 Å². The fourth-order valence-electron chi connectivity index (χ4n) is 3.06. The molecule has 28 heavy (non-hydrogen) atoms. The summed E-state index contributed by atoms with van der Waals surface area (Å²) in [6, 6.07) is 5.72. The van der Waals surface area contributed by atoms with Gasteiger partial charge < -0.3 is 10.1 Å². The predicted molar refractivity (Wildman–Crippen MR) is 105 cm³/mol. The van der Waals surface area contributed by atoms with Gasteiger partial charge in [0.2, 0.25) is 15.9 Å². The van der Waals surface area contributed by atoms with Gasteiger partial charge >= 0.3 is 5.97 Å². The highest BCUT2D eigenvalue weighted by molar-refractivity contribution is 7.89. The number of benzene rings is 1. The molecule has 1 amide bonds. The molecule has 0 aliphatic carbocycles. The summed E-state index contributed by atoms with van der Waals surface area (Å²) in [5, 5.41) is 2.88. The molecule has 1 aliphatic rings. The van der Waals surface area contributed by atoms with Crippen molar-refractivity contribution in [2.75, 3.05) is 19.0 Å². The monoisotopic (exact) mass is 423 g/mol. The van der Waals surface area contributed by atoms with Crippen LogP contribution >= 0.6 is 11.3 Å². The maximum atomic E-state index is 13.0. The number of thiazole rings is 1. The van der Waals surface area contributed by atoms with Crippen LogP contribution in [0.4, 0.5) is 5.13 Å². The van der Waals surface area contributed by atoms with Gasteiger partial charge in [-0.1, -0.05) is 29.0 Å². The molecule has 1 atom stereocenters. The molecular formula is C18H21N3O5S2. The number of hydrogen-bond donors (Lipinski definition) is 1. The van der Waals surface area contributed by atoms with Gasteiger partial charge in [-0.15, -0.1) is 0 Å². The van der Waals surface area contributed by atoms with E-state index in [9.17, 15) is 18.0 Å². The average molecular weight is 424 g/mol. The highest BCUT2D eigenvalue weighted by atomic mass is 32.2. The van der Waals surface area contributed by atoms with Crippen LogP contribution in [0.1, 0.15) is 33.8 Å². The van der Waals surface area contributed by atoms with Gasteiger partial charge in [0.1, 0.15) is 10.9 Å². The molecule has 1 aliphatic heterocycles. The van der Waals surface area contributed by atoms with Crippen LogP contribution in [0, 0.1) is 13.8 Å². The van der Waals surface area contributed by atoms with Crippen molar-refractivity contribution in [1.29, 1.82) is 0 Å². The minimum atomic E-state index is -3.78. The molecule has 0 spiro atoms. The van der Waals surface area contributed by atoms with Gasteiger partial charge in [-0.3, -0.25) is 4.79 Å². The summed E-state index contributed by atoms with van der Waals surface area (Å²) in [6.07, 6.45) is 1.01. The van der Waals surface area contributed by atoms with Crippen LogP contribution in [0.2, 0.25) is 0 Å². The van der Waals surface area contributed by atoms with Crippen LogP contribution < -0.4 is 5.32 Å². The maximum absolute atomic E-state index is 13.0. The standard InChI is InChI=1S/C18H21N3O5S2/c1-11-6-8-13(9-7-11)28(24,25)21-10-4-5-14(21)16(22)20-18-19-12(2)15(27-18)17(23)26-3/h6-9,14H,4-5,10H2,1-3H3,(H,19,20,22)/t14-/m0/s1. The number of rotatable bonds is 5. The van der Waals surface area contributed by atoms with Gasteiger partial charge in [0, 0.05) is 6.54 Å². The SMILES string of the molecule is COC(=O)c1sc(NC(=O)[C@@H]2CCCN2S(=O)(=O)c2ccc(C)cc2)nc1C. The van der Waals surface area contributed by atoms with E-state index >= 15 is 0 Å². The Bertz CT molecular complexity index is 999. The third-order valence-electron chi connectivity index (χ3n) is 4.53. The van der Waals surface area contributed by atoms with Crippen molar-refractivity contribution in [2.45, 2.75) is 37.6 Å². The number of carbonyl (C=O) groups is 2. The number of nitrogens with one attached hydrogen (secondary N) is 1. The number of anilines is 1. The zero-order valence-electron chi connectivity index (χ0n) is 15.8. The molecule has 1 N–H and O–H groups in total. The van der Waals surface area contributed by atoms with Gasteiger partial charge in [-0.2, -0.15) is 4.31 Å². The second-order valence-corrected chi connectivity index (χ2v) is 9.39. The first-order chi connectivity index (χ1) is 13.2. The van der Waals surface area contributed by atoms with E-state index in [0.717, 1.165) is 16.9 Å². The van der Waals surface area contributed by atoms with E-state index in [1.165, 1.54) is 11.4 Å². The van der Waals surface area contributed by atoms with Crippen molar-refractivity contribution >= 4 is 38.4 Å². The molecule has 0 bridgehead atoms. The van der Waals surface area contributed by atoms with Crippen LogP contribution in [0.5, 0.6) is 0 Å². The Kier molecular flexibility index (Phi) is 5.82. The molecule has 0 saturated carbocycles. The Labute approximate surface area is 167 Å². The van der Waals surface area contributed by atoms with Crippen molar-refractivity contribution < 1.29 is 22.7 Å². The third kappa shape index (κ3) is 3.94. The molecule has 0 unspecified atom stereocenters. The van der Waals surface area contributed by atoms with Gasteiger partial charge in [0.15, 0.2) is 5.13 Å². The summed E-state index contributed by atoms with van der Waals surface area (Å²) in [5.74, 6) is -0.988. The minimum absolute atomic E-state index is 0.163. The first-order valence-corrected chi connectivity index (χ1v) is 10.9. The highest BCUT2D eigenvalue weighted by Gasteiger charge is 2.39. The number of esters is 1. The first kappa shape index (κ1) is 20.4. The number of amides is 1. The Morgan fingerprint density at radius 1 is 1.25 bits per heavy atom. The molecule has 1 aromatic heterocycles. The minimum Gasteiger partial charge on any atom is -0.465 e. The summed E-state index contributed by atoms with van der Waals surface area (Å²) in [4.78, 5) is 29.1. The lowest BCUT2D eigenvalue weighted by Gasteiger charge is -2.23. The van der Waals surface area contributed by atoms with E-state index in [1.54, 1.807) is 31.2 Å². The molecule has 3 rings (SSSR count). The molecule has 10 heteroatoms.